The number of ether oxygens (including phenoxy) is 1. The molecule has 25 heavy (non-hydrogen) atoms. The number of halogens is 3. The molecule has 2 aromatic rings. The second-order valence-electron chi connectivity index (χ2n) is 4.96. The van der Waals surface area contributed by atoms with Crippen LogP contribution < -0.4 is 15.5 Å². The van der Waals surface area contributed by atoms with Crippen LogP contribution in [0.4, 0.5) is 0 Å². The Morgan fingerprint density at radius 2 is 1.88 bits per heavy atom. The highest BCUT2D eigenvalue weighted by molar-refractivity contribution is 14.1. The van der Waals surface area contributed by atoms with Gasteiger partial charge in [-0.15, -0.1) is 0 Å². The van der Waals surface area contributed by atoms with Crippen molar-refractivity contribution in [1.82, 2.24) is 10.7 Å². The average molecular weight is 597 g/mol. The molecule has 0 aliphatic heterocycles. The average Bonchev–Trinajstić information content (AvgIpc) is 2.56. The topological polar surface area (TPSA) is 45.7 Å². The summed E-state index contributed by atoms with van der Waals surface area (Å²) in [5.74, 6) is 0.756. The molecule has 0 bridgehead atoms. The zero-order valence-electron chi connectivity index (χ0n) is 13.4. The predicted molar refractivity (Wildman–Crippen MR) is 122 cm³/mol. The van der Waals surface area contributed by atoms with Crippen LogP contribution in [0.5, 0.6) is 5.75 Å². The van der Waals surface area contributed by atoms with Gasteiger partial charge in [-0.05, 0) is 109 Å². The molecule has 0 saturated carbocycles. The quantitative estimate of drug-likeness (QED) is 0.208. The third kappa shape index (κ3) is 6.84. The fourth-order valence-corrected chi connectivity index (χ4v) is 3.90. The Balaban J connectivity index is 2.02. The fourth-order valence-electron chi connectivity index (χ4n) is 1.89. The number of hydrazone groups is 1. The molecule has 0 saturated heterocycles. The highest BCUT2D eigenvalue weighted by atomic mass is 127. The number of hydrogen-bond acceptors (Lipinski definition) is 3. The standard InChI is InChI=1S/C17H16Br2IN3OS/c1-2-21-17(25)23-22-9-12-7-14(18)16(15(19)8-12)24-10-11-3-5-13(20)6-4-11/h3-9H,2,10H2,1H3,(H2,21,23,25)/b22-9-. The molecule has 0 heterocycles. The number of nitrogens with zero attached hydrogens (tertiary/aromatic N) is 1. The maximum atomic E-state index is 5.94. The molecule has 0 aliphatic rings. The molecule has 2 rings (SSSR count). The maximum absolute atomic E-state index is 5.94. The summed E-state index contributed by atoms with van der Waals surface area (Å²) < 4.78 is 8.84. The molecule has 0 spiro atoms. The van der Waals surface area contributed by atoms with Crippen molar-refractivity contribution in [2.24, 2.45) is 5.10 Å². The van der Waals surface area contributed by atoms with Crippen LogP contribution in [0.15, 0.2) is 50.4 Å². The van der Waals surface area contributed by atoms with Crippen molar-refractivity contribution in [1.29, 1.82) is 0 Å². The minimum atomic E-state index is 0.495. The van der Waals surface area contributed by atoms with E-state index in [0.717, 1.165) is 32.4 Å². The first-order valence-corrected chi connectivity index (χ1v) is 10.5. The van der Waals surface area contributed by atoms with Crippen molar-refractivity contribution in [2.45, 2.75) is 13.5 Å². The van der Waals surface area contributed by atoms with Crippen LogP contribution in [-0.2, 0) is 6.61 Å². The van der Waals surface area contributed by atoms with Crippen molar-refractivity contribution < 1.29 is 4.74 Å². The second-order valence-corrected chi connectivity index (χ2v) is 8.32. The minimum Gasteiger partial charge on any atom is -0.487 e. The first kappa shape index (κ1) is 20.6. The minimum absolute atomic E-state index is 0.495. The highest BCUT2D eigenvalue weighted by Gasteiger charge is 2.09. The lowest BCUT2D eigenvalue weighted by Crippen LogP contribution is -2.31. The van der Waals surface area contributed by atoms with Crippen LogP contribution in [0.3, 0.4) is 0 Å². The van der Waals surface area contributed by atoms with Gasteiger partial charge < -0.3 is 10.1 Å². The van der Waals surface area contributed by atoms with Gasteiger partial charge in [0, 0.05) is 10.1 Å². The van der Waals surface area contributed by atoms with E-state index in [4.69, 9.17) is 17.0 Å². The van der Waals surface area contributed by atoms with Gasteiger partial charge >= 0.3 is 0 Å². The van der Waals surface area contributed by atoms with Gasteiger partial charge in [-0.3, -0.25) is 5.43 Å². The van der Waals surface area contributed by atoms with E-state index in [0.29, 0.717) is 11.7 Å². The van der Waals surface area contributed by atoms with Crippen LogP contribution in [0, 0.1) is 3.57 Å². The largest absolute Gasteiger partial charge is 0.487 e. The Kier molecular flexibility index (Phi) is 8.60. The molecule has 0 atom stereocenters. The molecule has 2 aromatic carbocycles. The fraction of sp³-hybridized carbons (Fsp3) is 0.176. The van der Waals surface area contributed by atoms with Gasteiger partial charge in [-0.25, -0.2) is 0 Å². The molecule has 132 valence electrons. The molecule has 0 unspecified atom stereocenters. The number of benzene rings is 2. The monoisotopic (exact) mass is 595 g/mol. The van der Waals surface area contributed by atoms with Crippen LogP contribution >= 0.6 is 66.7 Å². The lowest BCUT2D eigenvalue weighted by Gasteiger charge is -2.11. The Morgan fingerprint density at radius 3 is 2.48 bits per heavy atom. The third-order valence-corrected chi connectivity index (χ3v) is 5.17. The summed E-state index contributed by atoms with van der Waals surface area (Å²) in [5.41, 5.74) is 4.79. The van der Waals surface area contributed by atoms with Crippen molar-refractivity contribution in [3.63, 3.8) is 0 Å². The van der Waals surface area contributed by atoms with Gasteiger partial charge in [0.05, 0.1) is 15.2 Å². The molecular formula is C17H16Br2IN3OS. The summed E-state index contributed by atoms with van der Waals surface area (Å²) in [6.45, 7) is 3.23. The summed E-state index contributed by atoms with van der Waals surface area (Å²) >= 11 is 14.4. The van der Waals surface area contributed by atoms with Crippen LogP contribution in [-0.4, -0.2) is 17.9 Å². The number of thiocarbonyl (C=S) groups is 1. The summed E-state index contributed by atoms with van der Waals surface area (Å²) in [5, 5.41) is 7.57. The number of hydrogen-bond donors (Lipinski definition) is 2. The molecule has 0 radical (unpaired) electrons. The van der Waals surface area contributed by atoms with Crippen LogP contribution in [0.2, 0.25) is 0 Å². The maximum Gasteiger partial charge on any atom is 0.186 e. The van der Waals surface area contributed by atoms with Gasteiger partial charge in [0.15, 0.2) is 5.11 Å². The first-order valence-electron chi connectivity index (χ1n) is 7.42. The number of rotatable bonds is 6. The molecule has 0 fully saturated rings. The zero-order valence-corrected chi connectivity index (χ0v) is 19.5. The normalized spacial score (nSPS) is 10.7. The lowest BCUT2D eigenvalue weighted by molar-refractivity contribution is 0.302. The predicted octanol–water partition coefficient (Wildman–Crippen LogP) is 5.21. The van der Waals surface area contributed by atoms with Crippen molar-refractivity contribution >= 4 is 78.0 Å². The molecule has 0 amide bonds. The van der Waals surface area contributed by atoms with Crippen LogP contribution in [0.25, 0.3) is 0 Å². The van der Waals surface area contributed by atoms with Gasteiger partial charge in [-0.1, -0.05) is 12.1 Å². The van der Waals surface area contributed by atoms with E-state index < -0.39 is 0 Å². The first-order chi connectivity index (χ1) is 12.0. The number of nitrogens with one attached hydrogen (secondary N) is 2. The highest BCUT2D eigenvalue weighted by Crippen LogP contribution is 2.35. The van der Waals surface area contributed by atoms with Crippen molar-refractivity contribution in [3.8, 4) is 5.75 Å². The van der Waals surface area contributed by atoms with E-state index in [2.05, 4.69) is 94.6 Å². The van der Waals surface area contributed by atoms with E-state index >= 15 is 0 Å². The van der Waals surface area contributed by atoms with Crippen LogP contribution in [0.1, 0.15) is 18.1 Å². The summed E-state index contributed by atoms with van der Waals surface area (Å²) in [6.07, 6.45) is 1.70. The molecular weight excluding hydrogens is 581 g/mol. The second kappa shape index (κ2) is 10.4. The molecule has 8 heteroatoms. The van der Waals surface area contributed by atoms with Gasteiger partial charge in [0.25, 0.3) is 0 Å². The third-order valence-electron chi connectivity index (χ3n) is 3.03. The van der Waals surface area contributed by atoms with Gasteiger partial charge in [0.1, 0.15) is 12.4 Å². The Labute approximate surface area is 183 Å². The Morgan fingerprint density at radius 1 is 1.24 bits per heavy atom. The Hall–Kier alpha value is -0.710. The smallest absolute Gasteiger partial charge is 0.186 e. The van der Waals surface area contributed by atoms with E-state index in [9.17, 15) is 0 Å². The molecule has 0 aromatic heterocycles. The van der Waals surface area contributed by atoms with Crippen molar-refractivity contribution in [3.05, 3.63) is 60.0 Å². The molecule has 0 aliphatic carbocycles. The van der Waals surface area contributed by atoms with E-state index in [1.54, 1.807) is 6.21 Å². The summed E-state index contributed by atoms with van der Waals surface area (Å²) in [4.78, 5) is 0. The lowest BCUT2D eigenvalue weighted by atomic mass is 10.2. The summed E-state index contributed by atoms with van der Waals surface area (Å²) in [7, 11) is 0. The molecule has 2 N–H and O–H groups in total. The van der Waals surface area contributed by atoms with Gasteiger partial charge in [-0.2, -0.15) is 5.10 Å². The van der Waals surface area contributed by atoms with E-state index in [1.165, 1.54) is 3.57 Å². The SMILES string of the molecule is CCNC(=S)N/N=C\c1cc(Br)c(OCc2ccc(I)cc2)c(Br)c1. The molecule has 4 nitrogen and oxygen atoms in total. The Bertz CT molecular complexity index is 746. The van der Waals surface area contributed by atoms with Crippen molar-refractivity contribution in [2.75, 3.05) is 6.54 Å². The zero-order chi connectivity index (χ0) is 18.2. The summed E-state index contributed by atoms with van der Waals surface area (Å²) in [6, 6.07) is 12.1. The van der Waals surface area contributed by atoms with E-state index in [1.807, 2.05) is 19.1 Å². The van der Waals surface area contributed by atoms with E-state index in [-0.39, 0.29) is 0 Å². The van der Waals surface area contributed by atoms with Gasteiger partial charge in [0.2, 0.25) is 0 Å².